The normalized spacial score (nSPS) is 20.9. The zero-order valence-electron chi connectivity index (χ0n) is 18.7. The van der Waals surface area contributed by atoms with Gasteiger partial charge in [-0.05, 0) is 55.4 Å². The molecule has 0 saturated heterocycles. The second kappa shape index (κ2) is 7.80. The van der Waals surface area contributed by atoms with Crippen LogP contribution in [0.15, 0.2) is 42.5 Å². The second-order valence-electron chi connectivity index (χ2n) is 9.61. The molecule has 0 radical (unpaired) electrons. The number of benzene rings is 2. The van der Waals surface area contributed by atoms with Crippen LogP contribution in [0.3, 0.4) is 0 Å². The number of aromatic carboxylic acids is 1. The summed E-state index contributed by atoms with van der Waals surface area (Å²) in [5.74, 6) is -0.740. The van der Waals surface area contributed by atoms with Crippen LogP contribution in [0.2, 0.25) is 0 Å². The number of methoxy groups -OCH3 is 1. The van der Waals surface area contributed by atoms with Crippen LogP contribution in [0.25, 0.3) is 22.2 Å². The second-order valence-corrected chi connectivity index (χ2v) is 9.61. The van der Waals surface area contributed by atoms with Gasteiger partial charge in [0.1, 0.15) is 0 Å². The molecule has 2 aromatic carbocycles. The Labute approximate surface area is 188 Å². The van der Waals surface area contributed by atoms with E-state index < -0.39 is 11.4 Å². The molecule has 2 aliphatic rings. The Hall–Kier alpha value is -3.08. The summed E-state index contributed by atoms with van der Waals surface area (Å²) in [7, 11) is 1.44. The number of ether oxygens (including phenoxy) is 1. The first-order valence-corrected chi connectivity index (χ1v) is 11.5. The van der Waals surface area contributed by atoms with Crippen molar-refractivity contribution >= 4 is 22.8 Å². The highest BCUT2D eigenvalue weighted by Crippen LogP contribution is 2.48. The molecule has 0 amide bonds. The Kier molecular flexibility index (Phi) is 5.07. The third kappa shape index (κ3) is 3.22. The number of rotatable bonds is 3. The van der Waals surface area contributed by atoms with Crippen molar-refractivity contribution in [2.75, 3.05) is 7.11 Å². The number of nitrogens with zero attached hydrogens (tertiary/aromatic N) is 1. The Balaban J connectivity index is 1.86. The largest absolute Gasteiger partial charge is 0.478 e. The summed E-state index contributed by atoms with van der Waals surface area (Å²) in [4.78, 5) is 24.7. The van der Waals surface area contributed by atoms with Gasteiger partial charge in [0.05, 0.1) is 23.8 Å². The van der Waals surface area contributed by atoms with Gasteiger partial charge in [0.15, 0.2) is 0 Å². The van der Waals surface area contributed by atoms with Crippen molar-refractivity contribution in [3.05, 3.63) is 59.2 Å². The van der Waals surface area contributed by atoms with Gasteiger partial charge in [-0.25, -0.2) is 4.79 Å². The van der Waals surface area contributed by atoms with Crippen LogP contribution in [-0.4, -0.2) is 28.7 Å². The van der Waals surface area contributed by atoms with E-state index in [1.807, 2.05) is 19.1 Å². The van der Waals surface area contributed by atoms with Crippen LogP contribution in [0.5, 0.6) is 0 Å². The number of carboxylic acids is 1. The molecule has 1 aliphatic carbocycles. The van der Waals surface area contributed by atoms with Crippen molar-refractivity contribution in [2.24, 2.45) is 5.41 Å². The summed E-state index contributed by atoms with van der Waals surface area (Å²) in [6.07, 6.45) is 6.57. The number of hydrogen-bond donors (Lipinski definition) is 1. The van der Waals surface area contributed by atoms with Crippen molar-refractivity contribution in [3.63, 3.8) is 0 Å². The number of carboxylic acid groups (broad SMARTS) is 1. The predicted molar refractivity (Wildman–Crippen MR) is 124 cm³/mol. The highest BCUT2D eigenvalue weighted by atomic mass is 16.5. The minimum atomic E-state index is -0.939. The van der Waals surface area contributed by atoms with Gasteiger partial charge in [-0.15, -0.1) is 0 Å². The first-order valence-electron chi connectivity index (χ1n) is 11.5. The van der Waals surface area contributed by atoms with Crippen LogP contribution < -0.4 is 0 Å². The molecule has 0 bridgehead atoms. The van der Waals surface area contributed by atoms with E-state index in [1.54, 1.807) is 12.1 Å². The zero-order valence-corrected chi connectivity index (χ0v) is 18.7. The van der Waals surface area contributed by atoms with Gasteiger partial charge in [-0.3, -0.25) is 4.79 Å². The number of esters is 1. The minimum Gasteiger partial charge on any atom is -0.478 e. The lowest BCUT2D eigenvalue weighted by Crippen LogP contribution is -2.35. The number of fused-ring (bicyclic) bond motifs is 5. The predicted octanol–water partition coefficient (Wildman–Crippen LogP) is 5.79. The van der Waals surface area contributed by atoms with Gasteiger partial charge >= 0.3 is 11.9 Å². The third-order valence-electron chi connectivity index (χ3n) is 7.40. The van der Waals surface area contributed by atoms with E-state index in [1.165, 1.54) is 31.9 Å². The van der Waals surface area contributed by atoms with Crippen LogP contribution >= 0.6 is 0 Å². The van der Waals surface area contributed by atoms with Crippen molar-refractivity contribution in [2.45, 2.75) is 57.9 Å². The maximum atomic E-state index is 13.0. The number of hydrogen-bond acceptors (Lipinski definition) is 3. The molecule has 1 saturated carbocycles. The van der Waals surface area contributed by atoms with Gasteiger partial charge in [0, 0.05) is 23.0 Å². The Bertz CT molecular complexity index is 1220. The molecule has 5 rings (SSSR count). The van der Waals surface area contributed by atoms with E-state index in [-0.39, 0.29) is 11.5 Å². The topological polar surface area (TPSA) is 68.5 Å². The molecule has 166 valence electrons. The quantitative estimate of drug-likeness (QED) is 0.533. The van der Waals surface area contributed by atoms with Crippen LogP contribution in [0, 0.1) is 5.41 Å². The molecular formula is C27H29NO4. The molecule has 0 spiro atoms. The van der Waals surface area contributed by atoms with Gasteiger partial charge in [-0.2, -0.15) is 0 Å². The maximum Gasteiger partial charge on any atom is 0.335 e. The monoisotopic (exact) mass is 431 g/mol. The molecule has 3 aromatic rings. The van der Waals surface area contributed by atoms with Crippen LogP contribution in [0.4, 0.5) is 0 Å². The average molecular weight is 432 g/mol. The first kappa shape index (κ1) is 20.8. The highest BCUT2D eigenvalue weighted by molar-refractivity contribution is 5.99. The lowest BCUT2D eigenvalue weighted by atomic mass is 9.80. The summed E-state index contributed by atoms with van der Waals surface area (Å²) in [6.45, 7) is 2.41. The van der Waals surface area contributed by atoms with Crippen molar-refractivity contribution < 1.29 is 19.4 Å². The average Bonchev–Trinajstić information content (AvgIpc) is 3.04. The summed E-state index contributed by atoms with van der Waals surface area (Å²) in [6, 6.07) is 13.8. The SMILES string of the molecule is COC(=O)C1(C)Cc2ccccc2-c2c(C3CCCCC3)c3ccc(C(=O)O)cc3n2C1. The molecule has 1 aromatic heterocycles. The molecule has 5 heteroatoms. The molecule has 1 aliphatic heterocycles. The van der Waals surface area contributed by atoms with Gasteiger partial charge in [0.25, 0.3) is 0 Å². The van der Waals surface area contributed by atoms with Crippen LogP contribution in [0.1, 0.15) is 66.4 Å². The number of carbonyl (C=O) groups excluding carboxylic acids is 1. The Morgan fingerprint density at radius 2 is 1.84 bits per heavy atom. The highest BCUT2D eigenvalue weighted by Gasteiger charge is 2.41. The molecule has 32 heavy (non-hydrogen) atoms. The molecule has 5 nitrogen and oxygen atoms in total. The Morgan fingerprint density at radius 1 is 1.09 bits per heavy atom. The molecule has 2 heterocycles. The molecule has 1 unspecified atom stereocenters. The van der Waals surface area contributed by atoms with E-state index in [0.29, 0.717) is 18.9 Å². The fraction of sp³-hybridized carbons (Fsp3) is 0.407. The maximum absolute atomic E-state index is 13.0. The fourth-order valence-corrected chi connectivity index (χ4v) is 5.88. The smallest absolute Gasteiger partial charge is 0.335 e. The zero-order chi connectivity index (χ0) is 22.5. The third-order valence-corrected chi connectivity index (χ3v) is 7.40. The summed E-state index contributed by atoms with van der Waals surface area (Å²) in [5.41, 5.74) is 5.17. The lowest BCUT2D eigenvalue weighted by Gasteiger charge is -2.26. The number of aromatic nitrogens is 1. The van der Waals surface area contributed by atoms with E-state index in [9.17, 15) is 14.7 Å². The molecular weight excluding hydrogens is 402 g/mol. The molecule has 1 N–H and O–H groups in total. The summed E-state index contributed by atoms with van der Waals surface area (Å²) < 4.78 is 7.43. The first-order chi connectivity index (χ1) is 15.4. The van der Waals surface area contributed by atoms with Crippen molar-refractivity contribution in [3.8, 4) is 11.3 Å². The van der Waals surface area contributed by atoms with E-state index in [4.69, 9.17) is 4.74 Å². The lowest BCUT2D eigenvalue weighted by molar-refractivity contribution is -0.152. The summed E-state index contributed by atoms with van der Waals surface area (Å²) in [5, 5.41) is 10.8. The van der Waals surface area contributed by atoms with Gasteiger partial charge in [-0.1, -0.05) is 49.6 Å². The minimum absolute atomic E-state index is 0.240. The van der Waals surface area contributed by atoms with Gasteiger partial charge < -0.3 is 14.4 Å². The summed E-state index contributed by atoms with van der Waals surface area (Å²) >= 11 is 0. The van der Waals surface area contributed by atoms with E-state index in [0.717, 1.165) is 40.6 Å². The molecule has 1 fully saturated rings. The van der Waals surface area contributed by atoms with Crippen molar-refractivity contribution in [1.29, 1.82) is 0 Å². The van der Waals surface area contributed by atoms with E-state index >= 15 is 0 Å². The van der Waals surface area contributed by atoms with Gasteiger partial charge in [0.2, 0.25) is 0 Å². The fourth-order valence-electron chi connectivity index (χ4n) is 5.88. The standard InChI is InChI=1S/C27H29NO4/c1-27(26(31)32-2)15-19-10-6-7-11-20(19)24-23(17-8-4-3-5-9-17)21-13-12-18(25(29)30)14-22(21)28(24)16-27/h6-7,10-14,17H,3-5,8-9,15-16H2,1-2H3,(H,29,30). The molecule has 1 atom stereocenters. The van der Waals surface area contributed by atoms with Crippen LogP contribution in [-0.2, 0) is 22.5 Å². The van der Waals surface area contributed by atoms with Crippen molar-refractivity contribution in [1.82, 2.24) is 4.57 Å². The number of carbonyl (C=O) groups is 2. The Morgan fingerprint density at radius 3 is 2.56 bits per heavy atom. The van der Waals surface area contributed by atoms with E-state index in [2.05, 4.69) is 22.8 Å².